The molecule has 2 aromatic rings. The smallest absolute Gasteiger partial charge is 0.0664 e. The van der Waals surface area contributed by atoms with E-state index in [2.05, 4.69) is 24.0 Å². The van der Waals surface area contributed by atoms with Gasteiger partial charge in [0.25, 0.3) is 0 Å². The molecule has 0 saturated heterocycles. The lowest BCUT2D eigenvalue weighted by Gasteiger charge is -2.20. The van der Waals surface area contributed by atoms with Gasteiger partial charge in [0.05, 0.1) is 10.7 Å². The Kier molecular flexibility index (Phi) is 5.41. The highest BCUT2D eigenvalue weighted by molar-refractivity contribution is 6.31. The molecule has 1 unspecified atom stereocenters. The van der Waals surface area contributed by atoms with Crippen LogP contribution >= 0.6 is 23.2 Å². The summed E-state index contributed by atoms with van der Waals surface area (Å²) in [6.07, 6.45) is 2.76. The summed E-state index contributed by atoms with van der Waals surface area (Å²) in [5.74, 6) is 0.184. The van der Waals surface area contributed by atoms with Crippen LogP contribution in [0.1, 0.15) is 23.6 Å². The maximum atomic E-state index is 6.31. The summed E-state index contributed by atoms with van der Waals surface area (Å²) in [5.41, 5.74) is 2.12. The first-order valence-electron chi connectivity index (χ1n) is 6.58. The van der Waals surface area contributed by atoms with Crippen LogP contribution in [0.2, 0.25) is 10.0 Å². The van der Waals surface area contributed by atoms with Crippen molar-refractivity contribution in [3.63, 3.8) is 0 Å². The number of aromatic nitrogens is 1. The summed E-state index contributed by atoms with van der Waals surface area (Å²) < 4.78 is 0. The standard InChI is InChI=1S/C16H18Cl2N2/c1-20(2)11-9-14(12-5-7-13(17)8-6-12)16-15(18)4-3-10-19-16/h3-8,10,14H,9,11H2,1-2H3. The van der Waals surface area contributed by atoms with Crippen molar-refractivity contribution < 1.29 is 0 Å². The Morgan fingerprint density at radius 1 is 1.10 bits per heavy atom. The molecule has 0 spiro atoms. The van der Waals surface area contributed by atoms with Crippen LogP contribution in [-0.4, -0.2) is 30.5 Å². The van der Waals surface area contributed by atoms with Gasteiger partial charge in [-0.25, -0.2) is 0 Å². The van der Waals surface area contributed by atoms with Gasteiger partial charge in [0, 0.05) is 17.1 Å². The molecular weight excluding hydrogens is 291 g/mol. The second-order valence-corrected chi connectivity index (χ2v) is 5.91. The second kappa shape index (κ2) is 7.07. The fourth-order valence-corrected chi connectivity index (χ4v) is 2.58. The van der Waals surface area contributed by atoms with E-state index in [9.17, 15) is 0 Å². The molecule has 0 aliphatic carbocycles. The first-order valence-corrected chi connectivity index (χ1v) is 7.34. The minimum Gasteiger partial charge on any atom is -0.309 e. The van der Waals surface area contributed by atoms with Crippen molar-refractivity contribution in [2.45, 2.75) is 12.3 Å². The predicted octanol–water partition coefficient (Wildman–Crippen LogP) is 4.47. The monoisotopic (exact) mass is 308 g/mol. The van der Waals surface area contributed by atoms with E-state index in [1.165, 1.54) is 5.56 Å². The molecule has 20 heavy (non-hydrogen) atoms. The first kappa shape index (κ1) is 15.3. The zero-order chi connectivity index (χ0) is 14.5. The molecule has 0 radical (unpaired) electrons. The van der Waals surface area contributed by atoms with Crippen LogP contribution in [-0.2, 0) is 0 Å². The van der Waals surface area contributed by atoms with Crippen LogP contribution in [0.5, 0.6) is 0 Å². The highest BCUT2D eigenvalue weighted by Crippen LogP contribution is 2.31. The van der Waals surface area contributed by atoms with E-state index < -0.39 is 0 Å². The summed E-state index contributed by atoms with van der Waals surface area (Å²) >= 11 is 12.3. The zero-order valence-corrected chi connectivity index (χ0v) is 13.2. The number of halogens is 2. The number of hydrogen-bond acceptors (Lipinski definition) is 2. The number of rotatable bonds is 5. The predicted molar refractivity (Wildman–Crippen MR) is 85.7 cm³/mol. The maximum Gasteiger partial charge on any atom is 0.0664 e. The number of pyridine rings is 1. The van der Waals surface area contributed by atoms with Crippen LogP contribution in [0.25, 0.3) is 0 Å². The molecule has 0 aliphatic rings. The topological polar surface area (TPSA) is 16.1 Å². The van der Waals surface area contributed by atoms with E-state index in [-0.39, 0.29) is 5.92 Å². The molecule has 0 fully saturated rings. The minimum atomic E-state index is 0.184. The van der Waals surface area contributed by atoms with Gasteiger partial charge in [0.1, 0.15) is 0 Å². The van der Waals surface area contributed by atoms with Gasteiger partial charge in [-0.1, -0.05) is 35.3 Å². The van der Waals surface area contributed by atoms with Gasteiger partial charge in [0.2, 0.25) is 0 Å². The lowest BCUT2D eigenvalue weighted by Crippen LogP contribution is -2.17. The molecule has 0 bridgehead atoms. The highest BCUT2D eigenvalue weighted by atomic mass is 35.5. The number of nitrogens with zero attached hydrogens (tertiary/aromatic N) is 2. The average Bonchev–Trinajstić information content (AvgIpc) is 2.42. The molecule has 0 aliphatic heterocycles. The van der Waals surface area contributed by atoms with Crippen LogP contribution < -0.4 is 0 Å². The van der Waals surface area contributed by atoms with Crippen LogP contribution in [0.15, 0.2) is 42.6 Å². The van der Waals surface area contributed by atoms with Crippen LogP contribution in [0.3, 0.4) is 0 Å². The summed E-state index contributed by atoms with van der Waals surface area (Å²) in [6, 6.07) is 11.7. The summed E-state index contributed by atoms with van der Waals surface area (Å²) in [4.78, 5) is 6.64. The van der Waals surface area contributed by atoms with Crippen molar-refractivity contribution in [2.24, 2.45) is 0 Å². The third kappa shape index (κ3) is 3.95. The highest BCUT2D eigenvalue weighted by Gasteiger charge is 2.18. The minimum absolute atomic E-state index is 0.184. The van der Waals surface area contributed by atoms with E-state index >= 15 is 0 Å². The Bertz CT molecular complexity index is 553. The summed E-state index contributed by atoms with van der Waals surface area (Å²) in [6.45, 7) is 0.972. The lowest BCUT2D eigenvalue weighted by atomic mass is 9.92. The van der Waals surface area contributed by atoms with Crippen LogP contribution in [0.4, 0.5) is 0 Å². The molecule has 0 N–H and O–H groups in total. The molecule has 0 saturated carbocycles. The lowest BCUT2D eigenvalue weighted by molar-refractivity contribution is 0.389. The third-order valence-corrected chi connectivity index (χ3v) is 3.83. The van der Waals surface area contributed by atoms with Gasteiger partial charge in [0.15, 0.2) is 0 Å². The molecule has 1 aromatic heterocycles. The molecule has 1 aromatic carbocycles. The van der Waals surface area contributed by atoms with Crippen molar-refractivity contribution >= 4 is 23.2 Å². The zero-order valence-electron chi connectivity index (χ0n) is 11.7. The van der Waals surface area contributed by atoms with Gasteiger partial charge in [-0.05, 0) is 56.9 Å². The average molecular weight is 309 g/mol. The van der Waals surface area contributed by atoms with Gasteiger partial charge < -0.3 is 4.90 Å². The van der Waals surface area contributed by atoms with Crippen molar-refractivity contribution in [3.8, 4) is 0 Å². The summed E-state index contributed by atoms with van der Waals surface area (Å²) in [7, 11) is 4.14. The largest absolute Gasteiger partial charge is 0.309 e. The van der Waals surface area contributed by atoms with E-state index in [0.29, 0.717) is 5.02 Å². The normalized spacial score (nSPS) is 12.7. The van der Waals surface area contributed by atoms with Crippen molar-refractivity contribution in [1.29, 1.82) is 0 Å². The molecule has 0 amide bonds. The molecule has 106 valence electrons. The van der Waals surface area contributed by atoms with E-state index in [1.807, 2.05) is 36.4 Å². The van der Waals surface area contributed by atoms with Crippen molar-refractivity contribution in [1.82, 2.24) is 9.88 Å². The van der Waals surface area contributed by atoms with Gasteiger partial charge >= 0.3 is 0 Å². The molecule has 2 nitrogen and oxygen atoms in total. The summed E-state index contributed by atoms with van der Waals surface area (Å²) in [5, 5.41) is 1.46. The number of hydrogen-bond donors (Lipinski definition) is 0. The first-order chi connectivity index (χ1) is 9.58. The molecular formula is C16H18Cl2N2. The molecule has 1 heterocycles. The van der Waals surface area contributed by atoms with Gasteiger partial charge in [-0.3, -0.25) is 4.98 Å². The third-order valence-electron chi connectivity index (χ3n) is 3.25. The molecule has 4 heteroatoms. The van der Waals surface area contributed by atoms with Crippen LogP contribution in [0, 0.1) is 0 Å². The van der Waals surface area contributed by atoms with E-state index in [0.717, 1.165) is 23.7 Å². The van der Waals surface area contributed by atoms with E-state index in [1.54, 1.807) is 6.20 Å². The Morgan fingerprint density at radius 2 is 1.80 bits per heavy atom. The fraction of sp³-hybridized carbons (Fsp3) is 0.312. The Labute approximate surface area is 130 Å². The molecule has 1 atom stereocenters. The quantitative estimate of drug-likeness (QED) is 0.810. The van der Waals surface area contributed by atoms with Gasteiger partial charge in [-0.15, -0.1) is 0 Å². The maximum absolute atomic E-state index is 6.31. The second-order valence-electron chi connectivity index (χ2n) is 5.07. The fourth-order valence-electron chi connectivity index (χ4n) is 2.20. The SMILES string of the molecule is CN(C)CCC(c1ccc(Cl)cc1)c1ncccc1Cl. The molecule has 2 rings (SSSR count). The van der Waals surface area contributed by atoms with Crippen molar-refractivity contribution in [3.05, 3.63) is 63.9 Å². The van der Waals surface area contributed by atoms with Crippen molar-refractivity contribution in [2.75, 3.05) is 20.6 Å². The number of benzene rings is 1. The Balaban J connectivity index is 2.34. The van der Waals surface area contributed by atoms with E-state index in [4.69, 9.17) is 23.2 Å². The van der Waals surface area contributed by atoms with Gasteiger partial charge in [-0.2, -0.15) is 0 Å². The Hall–Kier alpha value is -1.09. The Morgan fingerprint density at radius 3 is 2.40 bits per heavy atom.